The fourth-order valence-electron chi connectivity index (χ4n) is 1.79. The zero-order valence-corrected chi connectivity index (χ0v) is 10.4. The van der Waals surface area contributed by atoms with Crippen LogP contribution in [0.2, 0.25) is 0 Å². The number of halogens is 3. The van der Waals surface area contributed by atoms with Gasteiger partial charge in [0.05, 0.1) is 17.2 Å². The molecule has 20 heavy (non-hydrogen) atoms. The van der Waals surface area contributed by atoms with Crippen molar-refractivity contribution in [3.8, 4) is 6.07 Å². The molecule has 0 aliphatic carbocycles. The lowest BCUT2D eigenvalue weighted by Gasteiger charge is -2.12. The van der Waals surface area contributed by atoms with Gasteiger partial charge in [0, 0.05) is 12.2 Å². The Hall–Kier alpha value is -2.48. The van der Waals surface area contributed by atoms with Crippen molar-refractivity contribution in [3.05, 3.63) is 65.2 Å². The third kappa shape index (κ3) is 3.29. The van der Waals surface area contributed by atoms with Crippen molar-refractivity contribution in [2.75, 3.05) is 5.32 Å². The molecule has 0 aliphatic rings. The molecule has 0 bridgehead atoms. The molecule has 0 atom stereocenters. The summed E-state index contributed by atoms with van der Waals surface area (Å²) in [6.07, 6.45) is -4.53. The Balaban J connectivity index is 2.20. The van der Waals surface area contributed by atoms with E-state index >= 15 is 0 Å². The number of benzene rings is 2. The lowest BCUT2D eigenvalue weighted by Crippen LogP contribution is -2.09. The molecule has 0 saturated heterocycles. The molecule has 2 aromatic rings. The second-order valence-electron chi connectivity index (χ2n) is 4.21. The normalized spacial score (nSPS) is 10.9. The van der Waals surface area contributed by atoms with E-state index in [2.05, 4.69) is 5.32 Å². The number of nitriles is 1. The predicted molar refractivity (Wildman–Crippen MR) is 69.9 cm³/mol. The molecule has 0 radical (unpaired) electrons. The van der Waals surface area contributed by atoms with Crippen molar-refractivity contribution in [1.29, 1.82) is 5.26 Å². The van der Waals surface area contributed by atoms with Gasteiger partial charge in [-0.3, -0.25) is 0 Å². The zero-order chi connectivity index (χ0) is 14.6. The Morgan fingerprint density at radius 3 is 2.35 bits per heavy atom. The molecular formula is C15H11F3N2. The molecule has 5 heteroatoms. The Labute approximate surface area is 114 Å². The van der Waals surface area contributed by atoms with Crippen molar-refractivity contribution >= 4 is 5.69 Å². The number of hydrogen-bond acceptors (Lipinski definition) is 2. The van der Waals surface area contributed by atoms with Crippen LogP contribution in [0, 0.1) is 11.3 Å². The summed E-state index contributed by atoms with van der Waals surface area (Å²) in [5.41, 5.74) is 0.00594. The summed E-state index contributed by atoms with van der Waals surface area (Å²) in [7, 11) is 0. The molecule has 0 aliphatic heterocycles. The quantitative estimate of drug-likeness (QED) is 0.912. The third-order valence-corrected chi connectivity index (χ3v) is 2.78. The van der Waals surface area contributed by atoms with Gasteiger partial charge in [-0.1, -0.05) is 30.3 Å². The second kappa shape index (κ2) is 5.66. The minimum Gasteiger partial charge on any atom is -0.381 e. The summed E-state index contributed by atoms with van der Waals surface area (Å²) in [6.45, 7) is 0.421. The highest BCUT2D eigenvalue weighted by Crippen LogP contribution is 2.33. The van der Waals surface area contributed by atoms with E-state index in [1.165, 1.54) is 12.1 Å². The van der Waals surface area contributed by atoms with Crippen LogP contribution in [0.3, 0.4) is 0 Å². The van der Waals surface area contributed by atoms with Gasteiger partial charge in [-0.05, 0) is 23.8 Å². The van der Waals surface area contributed by atoms with Crippen molar-refractivity contribution in [1.82, 2.24) is 0 Å². The topological polar surface area (TPSA) is 35.8 Å². The van der Waals surface area contributed by atoms with Gasteiger partial charge in [0.15, 0.2) is 0 Å². The Morgan fingerprint density at radius 1 is 1.05 bits per heavy atom. The first-order valence-electron chi connectivity index (χ1n) is 5.90. The average molecular weight is 276 g/mol. The second-order valence-corrected chi connectivity index (χ2v) is 4.21. The van der Waals surface area contributed by atoms with Gasteiger partial charge in [-0.15, -0.1) is 0 Å². The smallest absolute Gasteiger partial charge is 0.381 e. The standard InChI is InChI=1S/C15H11F3N2/c16-15(17,18)14-8-13(7-6-12(14)9-19)20-10-11-4-2-1-3-5-11/h1-8,20H,10H2. The molecule has 0 heterocycles. The summed E-state index contributed by atoms with van der Waals surface area (Å²) in [5, 5.41) is 11.6. The highest BCUT2D eigenvalue weighted by molar-refractivity contribution is 5.53. The van der Waals surface area contributed by atoms with Gasteiger partial charge in [0.1, 0.15) is 0 Å². The first-order chi connectivity index (χ1) is 9.50. The molecule has 102 valence electrons. The molecule has 2 nitrogen and oxygen atoms in total. The highest BCUT2D eigenvalue weighted by atomic mass is 19.4. The van der Waals surface area contributed by atoms with E-state index in [-0.39, 0.29) is 5.56 Å². The SMILES string of the molecule is N#Cc1ccc(NCc2ccccc2)cc1C(F)(F)F. The maximum Gasteiger partial charge on any atom is 0.417 e. The van der Waals surface area contributed by atoms with Crippen molar-refractivity contribution < 1.29 is 13.2 Å². The van der Waals surface area contributed by atoms with Gasteiger partial charge in [0.25, 0.3) is 0 Å². The Kier molecular flexibility index (Phi) is 3.94. The monoisotopic (exact) mass is 276 g/mol. The van der Waals surface area contributed by atoms with Gasteiger partial charge in [-0.25, -0.2) is 0 Å². The average Bonchev–Trinajstić information content (AvgIpc) is 2.45. The van der Waals surface area contributed by atoms with Crippen LogP contribution < -0.4 is 5.32 Å². The first kappa shape index (κ1) is 13.9. The molecule has 0 aromatic heterocycles. The largest absolute Gasteiger partial charge is 0.417 e. The number of hydrogen-bond donors (Lipinski definition) is 1. The summed E-state index contributed by atoms with van der Waals surface area (Å²) >= 11 is 0. The van der Waals surface area contributed by atoms with Crippen LogP contribution in [0.25, 0.3) is 0 Å². The van der Waals surface area contributed by atoms with E-state index in [1.54, 1.807) is 6.07 Å². The molecule has 2 aromatic carbocycles. The molecule has 0 saturated carbocycles. The van der Waals surface area contributed by atoms with Crippen LogP contribution in [-0.4, -0.2) is 0 Å². The van der Waals surface area contributed by atoms with Gasteiger partial charge in [-0.2, -0.15) is 18.4 Å². The number of anilines is 1. The van der Waals surface area contributed by atoms with Crippen LogP contribution in [0.1, 0.15) is 16.7 Å². The van der Waals surface area contributed by atoms with Crippen LogP contribution >= 0.6 is 0 Å². The van der Waals surface area contributed by atoms with Gasteiger partial charge < -0.3 is 5.32 Å². The molecule has 0 unspecified atom stereocenters. The van der Waals surface area contributed by atoms with Crippen LogP contribution in [0.15, 0.2) is 48.5 Å². The molecule has 0 amide bonds. The molecular weight excluding hydrogens is 265 g/mol. The lowest BCUT2D eigenvalue weighted by atomic mass is 10.1. The number of nitrogens with zero attached hydrogens (tertiary/aromatic N) is 1. The summed E-state index contributed by atoms with van der Waals surface area (Å²) in [5.74, 6) is 0. The summed E-state index contributed by atoms with van der Waals surface area (Å²) in [6, 6.07) is 14.5. The maximum absolute atomic E-state index is 12.8. The third-order valence-electron chi connectivity index (χ3n) is 2.78. The summed E-state index contributed by atoms with van der Waals surface area (Å²) < 4.78 is 38.4. The van der Waals surface area contributed by atoms with Crippen LogP contribution in [0.5, 0.6) is 0 Å². The van der Waals surface area contributed by atoms with Crippen LogP contribution in [0.4, 0.5) is 18.9 Å². The lowest BCUT2D eigenvalue weighted by molar-refractivity contribution is -0.137. The molecule has 0 spiro atoms. The molecule has 2 rings (SSSR count). The van der Waals surface area contributed by atoms with E-state index in [4.69, 9.17) is 5.26 Å². The Bertz CT molecular complexity index is 628. The van der Waals surface area contributed by atoms with E-state index in [0.29, 0.717) is 12.2 Å². The Morgan fingerprint density at radius 2 is 1.75 bits per heavy atom. The van der Waals surface area contributed by atoms with Crippen molar-refractivity contribution in [3.63, 3.8) is 0 Å². The van der Waals surface area contributed by atoms with E-state index in [1.807, 2.05) is 30.3 Å². The number of nitrogens with one attached hydrogen (secondary N) is 1. The van der Waals surface area contributed by atoms with Crippen molar-refractivity contribution in [2.24, 2.45) is 0 Å². The van der Waals surface area contributed by atoms with Gasteiger partial charge >= 0.3 is 6.18 Å². The van der Waals surface area contributed by atoms with Crippen LogP contribution in [-0.2, 0) is 12.7 Å². The molecule has 0 fully saturated rings. The summed E-state index contributed by atoms with van der Waals surface area (Å²) in [4.78, 5) is 0. The minimum atomic E-state index is -4.53. The first-order valence-corrected chi connectivity index (χ1v) is 5.90. The minimum absolute atomic E-state index is 0.333. The van der Waals surface area contributed by atoms with Gasteiger partial charge in [0.2, 0.25) is 0 Å². The zero-order valence-electron chi connectivity index (χ0n) is 10.4. The number of rotatable bonds is 3. The van der Waals surface area contributed by atoms with Crippen molar-refractivity contribution in [2.45, 2.75) is 12.7 Å². The van der Waals surface area contributed by atoms with E-state index in [9.17, 15) is 13.2 Å². The van der Waals surface area contributed by atoms with E-state index in [0.717, 1.165) is 11.6 Å². The maximum atomic E-state index is 12.8. The fraction of sp³-hybridized carbons (Fsp3) is 0.133. The predicted octanol–water partition coefficient (Wildman–Crippen LogP) is 4.19. The fourth-order valence-corrected chi connectivity index (χ4v) is 1.79. The van der Waals surface area contributed by atoms with E-state index < -0.39 is 11.7 Å². The molecule has 1 N–H and O–H groups in total. The highest BCUT2D eigenvalue weighted by Gasteiger charge is 2.33. The number of alkyl halides is 3.